The number of furan rings is 1. The van der Waals surface area contributed by atoms with Crippen molar-refractivity contribution in [2.75, 3.05) is 6.61 Å². The Hall–Kier alpha value is -3.26. The minimum atomic E-state index is -0.236. The fourth-order valence-corrected chi connectivity index (χ4v) is 2.93. The van der Waals surface area contributed by atoms with Crippen LogP contribution in [0.2, 0.25) is 0 Å². The third-order valence-electron chi connectivity index (χ3n) is 4.35. The van der Waals surface area contributed by atoms with Gasteiger partial charge in [-0.1, -0.05) is 24.3 Å². The monoisotopic (exact) mass is 362 g/mol. The van der Waals surface area contributed by atoms with Crippen molar-refractivity contribution in [2.45, 2.75) is 32.7 Å². The van der Waals surface area contributed by atoms with Gasteiger partial charge in [0.15, 0.2) is 11.3 Å². The van der Waals surface area contributed by atoms with E-state index < -0.39 is 0 Å². The molecule has 1 amide bonds. The van der Waals surface area contributed by atoms with E-state index >= 15 is 0 Å². The molecule has 138 valence electrons. The molecule has 1 aromatic heterocycles. The quantitative estimate of drug-likeness (QED) is 0.671. The second-order valence-electron chi connectivity index (χ2n) is 6.35. The summed E-state index contributed by atoms with van der Waals surface area (Å²) < 4.78 is 11.5. The maximum atomic E-state index is 12.3. The van der Waals surface area contributed by atoms with E-state index in [2.05, 4.69) is 11.4 Å². The highest BCUT2D eigenvalue weighted by molar-refractivity contribution is 5.84. The number of para-hydroxylation sites is 1. The van der Waals surface area contributed by atoms with Gasteiger partial charge in [-0.25, -0.2) is 0 Å². The number of benzene rings is 2. The van der Waals surface area contributed by atoms with E-state index in [1.165, 1.54) is 0 Å². The molecule has 0 bridgehead atoms. The molecule has 0 saturated carbocycles. The Bertz CT molecular complexity index is 967. The van der Waals surface area contributed by atoms with Crippen LogP contribution in [0, 0.1) is 11.3 Å². The van der Waals surface area contributed by atoms with Gasteiger partial charge >= 0.3 is 0 Å². The molecule has 3 rings (SSSR count). The van der Waals surface area contributed by atoms with E-state index in [4.69, 9.17) is 14.4 Å². The lowest BCUT2D eigenvalue weighted by Gasteiger charge is -2.11. The van der Waals surface area contributed by atoms with Gasteiger partial charge in [-0.15, -0.1) is 0 Å². The maximum Gasteiger partial charge on any atom is 0.220 e. The Balaban J connectivity index is 1.61. The van der Waals surface area contributed by atoms with Crippen molar-refractivity contribution in [3.8, 4) is 11.8 Å². The van der Waals surface area contributed by atoms with Crippen LogP contribution in [0.15, 0.2) is 52.9 Å². The second kappa shape index (κ2) is 8.41. The zero-order chi connectivity index (χ0) is 19.2. The average Bonchev–Trinajstić information content (AvgIpc) is 3.12. The molecule has 0 aliphatic heterocycles. The molecular formula is C22H22N2O3. The number of nitrogens with one attached hydrogen (secondary N) is 1. The minimum Gasteiger partial charge on any atom is -0.490 e. The molecule has 27 heavy (non-hydrogen) atoms. The molecule has 0 radical (unpaired) electrons. The fourth-order valence-electron chi connectivity index (χ4n) is 2.93. The van der Waals surface area contributed by atoms with Crippen LogP contribution in [-0.2, 0) is 11.2 Å². The first-order valence-electron chi connectivity index (χ1n) is 9.04. The van der Waals surface area contributed by atoms with Crippen molar-refractivity contribution in [2.24, 2.45) is 0 Å². The molecule has 0 fully saturated rings. The molecule has 5 heteroatoms. The van der Waals surface area contributed by atoms with Gasteiger partial charge < -0.3 is 14.5 Å². The fraction of sp³-hybridized carbons (Fsp3) is 0.273. The maximum absolute atomic E-state index is 12.3. The number of nitriles is 1. The third-order valence-corrected chi connectivity index (χ3v) is 4.35. The minimum absolute atomic E-state index is 0.0441. The number of rotatable bonds is 7. The zero-order valence-corrected chi connectivity index (χ0v) is 15.5. The van der Waals surface area contributed by atoms with Crippen LogP contribution in [0.4, 0.5) is 0 Å². The van der Waals surface area contributed by atoms with Crippen molar-refractivity contribution >= 4 is 16.9 Å². The van der Waals surface area contributed by atoms with E-state index in [9.17, 15) is 4.79 Å². The van der Waals surface area contributed by atoms with E-state index in [0.29, 0.717) is 42.1 Å². The summed E-state index contributed by atoms with van der Waals surface area (Å²) in [6.45, 7) is 4.40. The van der Waals surface area contributed by atoms with Crippen molar-refractivity contribution in [1.82, 2.24) is 5.32 Å². The molecule has 0 spiro atoms. The van der Waals surface area contributed by atoms with Gasteiger partial charge in [-0.3, -0.25) is 4.79 Å². The van der Waals surface area contributed by atoms with Crippen LogP contribution >= 0.6 is 0 Å². The van der Waals surface area contributed by atoms with Crippen molar-refractivity contribution in [1.29, 1.82) is 5.26 Å². The molecule has 1 unspecified atom stereocenters. The Kier molecular flexibility index (Phi) is 5.77. The average molecular weight is 362 g/mol. The summed E-state index contributed by atoms with van der Waals surface area (Å²) in [4.78, 5) is 12.3. The number of aryl methyl sites for hydroxylation is 1. The SMILES string of the molecule is CCOc1cccc2cc(C(C)NC(=O)CCc3ccc(C#N)cc3)oc12. The molecule has 1 heterocycles. The lowest BCUT2D eigenvalue weighted by molar-refractivity contribution is -0.121. The topological polar surface area (TPSA) is 75.3 Å². The van der Waals surface area contributed by atoms with Crippen molar-refractivity contribution < 1.29 is 13.9 Å². The molecule has 2 aromatic carbocycles. The third kappa shape index (κ3) is 4.48. The van der Waals surface area contributed by atoms with Crippen LogP contribution in [0.5, 0.6) is 5.75 Å². The molecule has 0 aliphatic carbocycles. The number of fused-ring (bicyclic) bond motifs is 1. The molecule has 0 saturated heterocycles. The standard InChI is InChI=1S/C22H22N2O3/c1-3-26-19-6-4-5-18-13-20(27-22(18)19)15(2)24-21(25)12-11-16-7-9-17(14-23)10-8-16/h4-10,13,15H,3,11-12H2,1-2H3,(H,24,25). The summed E-state index contributed by atoms with van der Waals surface area (Å²) in [6, 6.07) is 16.8. The van der Waals surface area contributed by atoms with E-state index in [0.717, 1.165) is 10.9 Å². The van der Waals surface area contributed by atoms with Gasteiger partial charge in [-0.05, 0) is 50.1 Å². The van der Waals surface area contributed by atoms with Gasteiger partial charge in [0.1, 0.15) is 5.76 Å². The summed E-state index contributed by atoms with van der Waals surface area (Å²) in [5, 5.41) is 12.8. The van der Waals surface area contributed by atoms with E-state index in [-0.39, 0.29) is 11.9 Å². The first-order valence-corrected chi connectivity index (χ1v) is 9.04. The number of hydrogen-bond donors (Lipinski definition) is 1. The molecule has 1 N–H and O–H groups in total. The summed E-state index contributed by atoms with van der Waals surface area (Å²) in [5.41, 5.74) is 2.35. The predicted octanol–water partition coefficient (Wildman–Crippen LogP) is 4.51. The first kappa shape index (κ1) is 18.5. The Labute approximate surface area is 158 Å². The lowest BCUT2D eigenvalue weighted by atomic mass is 10.1. The number of carbonyl (C=O) groups excluding carboxylic acids is 1. The van der Waals surface area contributed by atoms with Crippen LogP contribution in [0.1, 0.15) is 43.2 Å². The van der Waals surface area contributed by atoms with Crippen molar-refractivity contribution in [3.63, 3.8) is 0 Å². The molecule has 0 aliphatic rings. The summed E-state index contributed by atoms with van der Waals surface area (Å²) in [7, 11) is 0. The zero-order valence-electron chi connectivity index (χ0n) is 15.5. The van der Waals surface area contributed by atoms with E-state index in [1.54, 1.807) is 12.1 Å². The Morgan fingerprint density at radius 2 is 2.04 bits per heavy atom. The van der Waals surface area contributed by atoms with Crippen LogP contribution in [0.25, 0.3) is 11.0 Å². The summed E-state index contributed by atoms with van der Waals surface area (Å²) in [5.74, 6) is 1.36. The molecule has 1 atom stereocenters. The van der Waals surface area contributed by atoms with E-state index in [1.807, 2.05) is 50.2 Å². The first-order chi connectivity index (χ1) is 13.1. The number of ether oxygens (including phenoxy) is 1. The Morgan fingerprint density at radius 1 is 1.26 bits per heavy atom. The Morgan fingerprint density at radius 3 is 2.74 bits per heavy atom. The van der Waals surface area contributed by atoms with Gasteiger partial charge in [0.2, 0.25) is 5.91 Å². The number of amides is 1. The highest BCUT2D eigenvalue weighted by Crippen LogP contribution is 2.31. The number of hydrogen-bond acceptors (Lipinski definition) is 4. The summed E-state index contributed by atoms with van der Waals surface area (Å²) >= 11 is 0. The van der Waals surface area contributed by atoms with Gasteiger partial charge in [0, 0.05) is 11.8 Å². The number of carbonyl (C=O) groups is 1. The molecule has 5 nitrogen and oxygen atoms in total. The number of nitrogens with zero attached hydrogens (tertiary/aromatic N) is 1. The molecular weight excluding hydrogens is 340 g/mol. The van der Waals surface area contributed by atoms with Crippen molar-refractivity contribution in [3.05, 3.63) is 65.4 Å². The largest absolute Gasteiger partial charge is 0.490 e. The second-order valence-corrected chi connectivity index (χ2v) is 6.35. The predicted molar refractivity (Wildman–Crippen MR) is 103 cm³/mol. The molecule has 3 aromatic rings. The van der Waals surface area contributed by atoms with Gasteiger partial charge in [0.25, 0.3) is 0 Å². The van der Waals surface area contributed by atoms with Gasteiger partial charge in [0.05, 0.1) is 24.3 Å². The highest BCUT2D eigenvalue weighted by atomic mass is 16.5. The van der Waals surface area contributed by atoms with Crippen LogP contribution in [0.3, 0.4) is 0 Å². The van der Waals surface area contributed by atoms with Crippen LogP contribution < -0.4 is 10.1 Å². The normalized spacial score (nSPS) is 11.7. The highest BCUT2D eigenvalue weighted by Gasteiger charge is 2.16. The summed E-state index contributed by atoms with van der Waals surface area (Å²) in [6.07, 6.45) is 1.000. The smallest absolute Gasteiger partial charge is 0.220 e. The van der Waals surface area contributed by atoms with Crippen LogP contribution in [-0.4, -0.2) is 12.5 Å². The lowest BCUT2D eigenvalue weighted by Crippen LogP contribution is -2.26. The van der Waals surface area contributed by atoms with Gasteiger partial charge in [-0.2, -0.15) is 5.26 Å².